The zero-order valence-electron chi connectivity index (χ0n) is 18.3. The summed E-state index contributed by atoms with van der Waals surface area (Å²) in [5, 5.41) is 8.05. The third kappa shape index (κ3) is 6.82. The van der Waals surface area contributed by atoms with Crippen LogP contribution in [0.1, 0.15) is 46.5 Å². The van der Waals surface area contributed by atoms with Gasteiger partial charge in [-0.25, -0.2) is 9.98 Å². The topological polar surface area (TPSA) is 52.6 Å². The predicted molar refractivity (Wildman–Crippen MR) is 124 cm³/mol. The molecule has 2 heterocycles. The summed E-state index contributed by atoms with van der Waals surface area (Å²) in [4.78, 5) is 13.1. The van der Waals surface area contributed by atoms with Gasteiger partial charge >= 0.3 is 0 Å². The highest BCUT2D eigenvalue weighted by Gasteiger charge is 2.19. The normalized spacial score (nSPS) is 16.2. The van der Waals surface area contributed by atoms with E-state index in [9.17, 15) is 0 Å². The molecule has 0 aliphatic carbocycles. The number of aryl methyl sites for hydroxylation is 3. The van der Waals surface area contributed by atoms with Gasteiger partial charge in [0.2, 0.25) is 0 Å². The highest BCUT2D eigenvalue weighted by atomic mass is 32.1. The summed E-state index contributed by atoms with van der Waals surface area (Å²) in [7, 11) is 0. The Labute approximate surface area is 179 Å². The van der Waals surface area contributed by atoms with Crippen molar-refractivity contribution < 1.29 is 0 Å². The molecular weight excluding hydrogens is 378 g/mol. The molecule has 2 aromatic rings. The first-order valence-corrected chi connectivity index (χ1v) is 11.6. The van der Waals surface area contributed by atoms with Gasteiger partial charge in [-0.15, -0.1) is 11.3 Å². The van der Waals surface area contributed by atoms with Gasteiger partial charge in [-0.3, -0.25) is 4.90 Å². The molecule has 0 amide bonds. The summed E-state index contributed by atoms with van der Waals surface area (Å²) < 4.78 is 0. The molecule has 2 N–H and O–H groups in total. The van der Waals surface area contributed by atoms with Gasteiger partial charge in [0.1, 0.15) is 0 Å². The number of nitrogens with zero attached hydrogens (tertiary/aromatic N) is 3. The Bertz CT molecular complexity index is 788. The smallest absolute Gasteiger partial charge is 0.191 e. The van der Waals surface area contributed by atoms with Gasteiger partial charge in [0.15, 0.2) is 5.96 Å². The molecule has 1 saturated heterocycles. The maximum atomic E-state index is 4.77. The molecule has 0 atom stereocenters. The lowest BCUT2D eigenvalue weighted by molar-refractivity contribution is 0.178. The Morgan fingerprint density at radius 1 is 1.14 bits per heavy atom. The monoisotopic (exact) mass is 413 g/mol. The summed E-state index contributed by atoms with van der Waals surface area (Å²) in [6, 6.07) is 8.94. The molecule has 1 aliphatic heterocycles. The molecule has 6 heteroatoms. The summed E-state index contributed by atoms with van der Waals surface area (Å²) in [5.74, 6) is 1.63. The van der Waals surface area contributed by atoms with E-state index in [0.717, 1.165) is 36.3 Å². The standard InChI is InChI=1S/C23H35N5S/c1-5-24-23(26-15-22-18(3)27-19(4)29-22)25-14-20-10-12-28(13-11-20)16-21-8-6-17(2)7-9-21/h6-9,20H,5,10-16H2,1-4H3,(H2,24,25,26). The zero-order valence-corrected chi connectivity index (χ0v) is 19.1. The second-order valence-corrected chi connectivity index (χ2v) is 9.31. The molecular formula is C23H35N5S. The van der Waals surface area contributed by atoms with Gasteiger partial charge in [-0.1, -0.05) is 29.8 Å². The number of thiazole rings is 1. The zero-order chi connectivity index (χ0) is 20.6. The molecule has 5 nitrogen and oxygen atoms in total. The van der Waals surface area contributed by atoms with E-state index in [-0.39, 0.29) is 0 Å². The Hall–Kier alpha value is -1.92. The number of piperidine rings is 1. The van der Waals surface area contributed by atoms with E-state index in [2.05, 4.69) is 72.5 Å². The van der Waals surface area contributed by atoms with Crippen molar-refractivity contribution in [3.63, 3.8) is 0 Å². The highest BCUT2D eigenvalue weighted by molar-refractivity contribution is 7.11. The van der Waals surface area contributed by atoms with Crippen LogP contribution in [0, 0.1) is 26.7 Å². The van der Waals surface area contributed by atoms with Crippen LogP contribution in [-0.4, -0.2) is 42.0 Å². The fourth-order valence-corrected chi connectivity index (χ4v) is 4.62. The van der Waals surface area contributed by atoms with Crippen molar-refractivity contribution in [1.29, 1.82) is 0 Å². The van der Waals surface area contributed by atoms with E-state index < -0.39 is 0 Å². The van der Waals surface area contributed by atoms with Crippen molar-refractivity contribution in [3.8, 4) is 0 Å². The van der Waals surface area contributed by atoms with Gasteiger partial charge < -0.3 is 10.6 Å². The number of aliphatic imine (C=N–C) groups is 1. The summed E-state index contributed by atoms with van der Waals surface area (Å²) >= 11 is 1.74. The first-order valence-electron chi connectivity index (χ1n) is 10.8. The predicted octanol–water partition coefficient (Wildman–Crippen LogP) is 4.04. The van der Waals surface area contributed by atoms with Crippen molar-refractivity contribution in [2.45, 2.75) is 53.6 Å². The maximum absolute atomic E-state index is 4.77. The van der Waals surface area contributed by atoms with E-state index in [0.29, 0.717) is 12.5 Å². The Kier molecular flexibility index (Phi) is 8.07. The number of rotatable bonds is 7. The highest BCUT2D eigenvalue weighted by Crippen LogP contribution is 2.19. The largest absolute Gasteiger partial charge is 0.357 e. The number of likely N-dealkylation sites (tertiary alicyclic amines) is 1. The van der Waals surface area contributed by atoms with Crippen molar-refractivity contribution in [2.24, 2.45) is 10.9 Å². The van der Waals surface area contributed by atoms with E-state index in [1.54, 1.807) is 11.3 Å². The molecule has 1 aromatic carbocycles. The second kappa shape index (κ2) is 10.7. The van der Waals surface area contributed by atoms with Crippen LogP contribution >= 0.6 is 11.3 Å². The fourth-order valence-electron chi connectivity index (χ4n) is 3.75. The van der Waals surface area contributed by atoms with Crippen LogP contribution in [0.5, 0.6) is 0 Å². The molecule has 1 fully saturated rings. The Morgan fingerprint density at radius 3 is 2.48 bits per heavy atom. The SMILES string of the molecule is CCNC(=NCc1sc(C)nc1C)NCC1CCN(Cc2ccc(C)cc2)CC1. The third-order valence-corrected chi connectivity index (χ3v) is 6.57. The van der Waals surface area contributed by atoms with Crippen LogP contribution in [0.15, 0.2) is 29.3 Å². The Morgan fingerprint density at radius 2 is 1.86 bits per heavy atom. The lowest BCUT2D eigenvalue weighted by Gasteiger charge is -2.32. The maximum Gasteiger partial charge on any atom is 0.191 e. The van der Waals surface area contributed by atoms with Crippen LogP contribution in [0.3, 0.4) is 0 Å². The first kappa shape index (κ1) is 21.8. The Balaban J connectivity index is 1.44. The summed E-state index contributed by atoms with van der Waals surface area (Å²) in [6.45, 7) is 14.4. The van der Waals surface area contributed by atoms with Gasteiger partial charge in [0.05, 0.1) is 17.2 Å². The number of guanidine groups is 1. The number of nitrogens with one attached hydrogen (secondary N) is 2. The lowest BCUT2D eigenvalue weighted by atomic mass is 9.96. The molecule has 158 valence electrons. The van der Waals surface area contributed by atoms with Crippen LogP contribution < -0.4 is 10.6 Å². The van der Waals surface area contributed by atoms with Gasteiger partial charge in [0.25, 0.3) is 0 Å². The molecule has 0 unspecified atom stereocenters. The minimum absolute atomic E-state index is 0.696. The number of hydrogen-bond acceptors (Lipinski definition) is 4. The van der Waals surface area contributed by atoms with Crippen molar-refractivity contribution in [3.05, 3.63) is 51.0 Å². The number of hydrogen-bond donors (Lipinski definition) is 2. The van der Waals surface area contributed by atoms with E-state index >= 15 is 0 Å². The van der Waals surface area contributed by atoms with Gasteiger partial charge in [-0.05, 0) is 65.1 Å². The van der Waals surface area contributed by atoms with Crippen LogP contribution in [0.25, 0.3) is 0 Å². The summed E-state index contributed by atoms with van der Waals surface area (Å²) in [6.07, 6.45) is 2.48. The molecule has 0 saturated carbocycles. The van der Waals surface area contributed by atoms with E-state index in [4.69, 9.17) is 4.99 Å². The quantitative estimate of drug-likeness (QED) is 0.531. The average molecular weight is 414 g/mol. The number of benzene rings is 1. The minimum Gasteiger partial charge on any atom is -0.357 e. The molecule has 1 aromatic heterocycles. The van der Waals surface area contributed by atoms with Crippen molar-refractivity contribution >= 4 is 17.3 Å². The molecule has 1 aliphatic rings. The van der Waals surface area contributed by atoms with Crippen LogP contribution in [0.2, 0.25) is 0 Å². The van der Waals surface area contributed by atoms with Gasteiger partial charge in [0, 0.05) is 24.5 Å². The molecule has 3 rings (SSSR count). The number of aromatic nitrogens is 1. The van der Waals surface area contributed by atoms with Gasteiger partial charge in [-0.2, -0.15) is 0 Å². The van der Waals surface area contributed by atoms with Crippen LogP contribution in [0.4, 0.5) is 0 Å². The van der Waals surface area contributed by atoms with Crippen molar-refractivity contribution in [2.75, 3.05) is 26.2 Å². The first-order chi connectivity index (χ1) is 14.0. The minimum atomic E-state index is 0.696. The fraction of sp³-hybridized carbons (Fsp3) is 0.565. The lowest BCUT2D eigenvalue weighted by Crippen LogP contribution is -2.42. The third-order valence-electron chi connectivity index (χ3n) is 5.52. The van der Waals surface area contributed by atoms with E-state index in [1.807, 2.05) is 0 Å². The molecule has 29 heavy (non-hydrogen) atoms. The van der Waals surface area contributed by atoms with Crippen molar-refractivity contribution in [1.82, 2.24) is 20.5 Å². The molecule has 0 spiro atoms. The molecule has 0 bridgehead atoms. The average Bonchev–Trinajstić information content (AvgIpc) is 3.04. The summed E-state index contributed by atoms with van der Waals surface area (Å²) in [5.41, 5.74) is 3.85. The van der Waals surface area contributed by atoms with E-state index in [1.165, 1.54) is 41.9 Å². The second-order valence-electron chi connectivity index (χ2n) is 8.02. The van der Waals surface area contributed by atoms with Crippen LogP contribution in [-0.2, 0) is 13.1 Å². The molecule has 0 radical (unpaired) electrons.